The van der Waals surface area contributed by atoms with Gasteiger partial charge in [0.05, 0.1) is 33.9 Å². The predicted octanol–water partition coefficient (Wildman–Crippen LogP) is 5.51. The van der Waals surface area contributed by atoms with Gasteiger partial charge in [-0.15, -0.1) is 11.8 Å². The van der Waals surface area contributed by atoms with Crippen molar-refractivity contribution in [1.29, 1.82) is 0 Å². The Morgan fingerprint density at radius 1 is 1.10 bits per heavy atom. The van der Waals surface area contributed by atoms with Crippen molar-refractivity contribution in [2.24, 2.45) is 17.8 Å². The van der Waals surface area contributed by atoms with Crippen LogP contribution >= 0.6 is 23.4 Å². The van der Waals surface area contributed by atoms with Gasteiger partial charge in [-0.25, -0.2) is 0 Å². The van der Waals surface area contributed by atoms with E-state index in [-0.39, 0.29) is 35.5 Å². The molecule has 3 aliphatic heterocycles. The van der Waals surface area contributed by atoms with Crippen molar-refractivity contribution in [1.82, 2.24) is 4.90 Å². The Morgan fingerprint density at radius 2 is 1.83 bits per heavy atom. The Morgan fingerprint density at radius 3 is 2.52 bits per heavy atom. The van der Waals surface area contributed by atoms with E-state index in [0.29, 0.717) is 36.0 Å². The maximum atomic E-state index is 14.3. The van der Waals surface area contributed by atoms with Crippen LogP contribution < -0.4 is 15.4 Å². The van der Waals surface area contributed by atoms with Gasteiger partial charge in [0.2, 0.25) is 17.7 Å². The number of likely N-dealkylation sites (tertiary alicyclic amines) is 1. The Balaban J connectivity index is 1.44. The van der Waals surface area contributed by atoms with Gasteiger partial charge in [-0.3, -0.25) is 14.4 Å². The molecule has 3 unspecified atom stereocenters. The van der Waals surface area contributed by atoms with E-state index in [1.807, 2.05) is 38.1 Å². The molecule has 1 spiro atoms. The number of carbonyl (C=O) groups is 3. The summed E-state index contributed by atoms with van der Waals surface area (Å²) in [6.45, 7) is 7.03. The largest absolute Gasteiger partial charge is 0.494 e. The molecule has 3 saturated heterocycles. The van der Waals surface area contributed by atoms with Crippen LogP contribution in [0.1, 0.15) is 51.5 Å². The smallest absolute Gasteiger partial charge is 0.248 e. The minimum Gasteiger partial charge on any atom is -0.494 e. The third-order valence-corrected chi connectivity index (χ3v) is 11.4. The van der Waals surface area contributed by atoms with Crippen LogP contribution in [0.5, 0.6) is 5.75 Å². The second kappa shape index (κ2) is 12.9. The van der Waals surface area contributed by atoms with Gasteiger partial charge in [-0.2, -0.15) is 0 Å². The lowest BCUT2D eigenvalue weighted by atomic mass is 9.66. The normalized spacial score (nSPS) is 27.7. The Kier molecular flexibility index (Phi) is 9.40. The second-order valence-electron chi connectivity index (χ2n) is 11.6. The van der Waals surface area contributed by atoms with E-state index in [4.69, 9.17) is 16.3 Å². The van der Waals surface area contributed by atoms with E-state index in [1.54, 1.807) is 34.9 Å². The van der Waals surface area contributed by atoms with Crippen LogP contribution in [0.25, 0.3) is 0 Å². The number of ether oxygens (including phenoxy) is 1. The number of hydrogen-bond donors (Lipinski definition) is 3. The number of nitrogens with one attached hydrogen (secondary N) is 2. The number of para-hydroxylation sites is 1. The molecule has 3 N–H and O–H groups in total. The molecular formula is C32H40ClN3O5S. The standard InChI is InChI=1S/C32H40ClN3O5S/c1-4-41-22-14-12-21(13-15-22)34-29(38)25-24-18-20(3)32(42-24)26(25)31(40)36(16-7-5-6-8-17-37)28(32)30(39)35-27-19(2)10-9-11-23(27)33/h9-15,20,24-26,28,37H,4-8,16-18H2,1-3H3,(H,34,38)(H,35,39)/t20?,24-,25+,26+,28?,32?/m1/s1. The summed E-state index contributed by atoms with van der Waals surface area (Å²) in [6.07, 6.45) is 3.87. The fourth-order valence-corrected chi connectivity index (χ4v) is 9.81. The average Bonchev–Trinajstić information content (AvgIpc) is 3.55. The molecule has 3 heterocycles. The van der Waals surface area contributed by atoms with Gasteiger partial charge in [0, 0.05) is 24.1 Å². The monoisotopic (exact) mass is 613 g/mol. The van der Waals surface area contributed by atoms with Crippen LogP contribution in [0.2, 0.25) is 5.02 Å². The highest BCUT2D eigenvalue weighted by molar-refractivity contribution is 8.02. The molecule has 3 amide bonds. The van der Waals surface area contributed by atoms with Crippen molar-refractivity contribution in [3.8, 4) is 5.75 Å². The van der Waals surface area contributed by atoms with Crippen LogP contribution in [-0.4, -0.2) is 63.5 Å². The first-order valence-corrected chi connectivity index (χ1v) is 16.2. The topological polar surface area (TPSA) is 108 Å². The highest BCUT2D eigenvalue weighted by Gasteiger charge is 2.75. The Bertz CT molecular complexity index is 1300. The minimum absolute atomic E-state index is 0.0549. The summed E-state index contributed by atoms with van der Waals surface area (Å²) in [6, 6.07) is 12.0. The summed E-state index contributed by atoms with van der Waals surface area (Å²) in [5, 5.41) is 15.7. The molecule has 42 heavy (non-hydrogen) atoms. The maximum Gasteiger partial charge on any atom is 0.248 e. The quantitative estimate of drug-likeness (QED) is 0.272. The molecule has 0 radical (unpaired) electrons. The molecule has 0 aliphatic carbocycles. The van der Waals surface area contributed by atoms with Crippen LogP contribution in [-0.2, 0) is 14.4 Å². The lowest BCUT2D eigenvalue weighted by Gasteiger charge is -2.38. The van der Waals surface area contributed by atoms with Crippen molar-refractivity contribution in [3.05, 3.63) is 53.1 Å². The van der Waals surface area contributed by atoms with Crippen LogP contribution in [0.15, 0.2) is 42.5 Å². The Labute approximate surface area is 256 Å². The number of carbonyl (C=O) groups excluding carboxylic acids is 3. The highest BCUT2D eigenvalue weighted by atomic mass is 35.5. The molecule has 3 aliphatic rings. The maximum absolute atomic E-state index is 14.3. The Hall–Kier alpha value is -2.75. The second-order valence-corrected chi connectivity index (χ2v) is 13.5. The molecule has 0 saturated carbocycles. The van der Waals surface area contributed by atoms with Crippen LogP contribution in [0.4, 0.5) is 11.4 Å². The fraction of sp³-hybridized carbons (Fsp3) is 0.531. The predicted molar refractivity (Wildman–Crippen MR) is 167 cm³/mol. The zero-order valence-corrected chi connectivity index (χ0v) is 26.0. The molecule has 6 atom stereocenters. The number of fused-ring (bicyclic) bond motifs is 1. The first-order valence-electron chi connectivity index (χ1n) is 14.9. The van der Waals surface area contributed by atoms with Gasteiger partial charge in [-0.1, -0.05) is 43.5 Å². The number of halogens is 1. The summed E-state index contributed by atoms with van der Waals surface area (Å²) in [5.74, 6) is -0.914. The highest BCUT2D eigenvalue weighted by Crippen LogP contribution is 2.68. The van der Waals surface area contributed by atoms with E-state index in [9.17, 15) is 19.5 Å². The fourth-order valence-electron chi connectivity index (χ4n) is 7.12. The average molecular weight is 614 g/mol. The number of hydrogen-bond acceptors (Lipinski definition) is 6. The number of unbranched alkanes of at least 4 members (excludes halogenated alkanes) is 3. The molecule has 2 aromatic carbocycles. The summed E-state index contributed by atoms with van der Waals surface area (Å²) in [4.78, 5) is 44.1. The number of aryl methyl sites for hydroxylation is 1. The number of rotatable bonds is 12. The van der Waals surface area contributed by atoms with Gasteiger partial charge in [0.15, 0.2) is 0 Å². The van der Waals surface area contributed by atoms with Crippen LogP contribution in [0, 0.1) is 24.7 Å². The first kappa shape index (κ1) is 30.7. The molecule has 5 rings (SSSR count). The molecule has 8 nitrogen and oxygen atoms in total. The van der Waals surface area contributed by atoms with E-state index < -0.39 is 22.6 Å². The molecule has 10 heteroatoms. The molecule has 3 fully saturated rings. The lowest BCUT2D eigenvalue weighted by Crippen LogP contribution is -2.55. The van der Waals surface area contributed by atoms with Gasteiger partial charge >= 0.3 is 0 Å². The lowest BCUT2D eigenvalue weighted by molar-refractivity contribution is -0.138. The number of aliphatic hydroxyl groups is 1. The number of thioether (sulfide) groups is 1. The van der Waals surface area contributed by atoms with Gasteiger partial charge < -0.3 is 25.4 Å². The molecule has 2 aromatic rings. The van der Waals surface area contributed by atoms with Crippen molar-refractivity contribution < 1.29 is 24.2 Å². The first-order chi connectivity index (χ1) is 20.2. The summed E-state index contributed by atoms with van der Waals surface area (Å²) in [5.41, 5.74) is 2.04. The van der Waals surface area contributed by atoms with E-state index in [0.717, 1.165) is 37.0 Å². The van der Waals surface area contributed by atoms with E-state index in [1.165, 1.54) is 0 Å². The molecular weight excluding hydrogens is 574 g/mol. The zero-order valence-electron chi connectivity index (χ0n) is 24.4. The van der Waals surface area contributed by atoms with Crippen molar-refractivity contribution in [2.45, 2.75) is 68.9 Å². The van der Waals surface area contributed by atoms with Gasteiger partial charge in [0.25, 0.3) is 0 Å². The zero-order chi connectivity index (χ0) is 30.0. The van der Waals surface area contributed by atoms with Crippen molar-refractivity contribution in [2.75, 3.05) is 30.4 Å². The summed E-state index contributed by atoms with van der Waals surface area (Å²) in [7, 11) is 0. The number of aliphatic hydroxyl groups excluding tert-OH is 1. The van der Waals surface area contributed by atoms with E-state index >= 15 is 0 Å². The van der Waals surface area contributed by atoms with Gasteiger partial charge in [-0.05, 0) is 74.9 Å². The van der Waals surface area contributed by atoms with Crippen molar-refractivity contribution >= 4 is 52.5 Å². The number of anilines is 2. The van der Waals surface area contributed by atoms with Crippen LogP contribution in [0.3, 0.4) is 0 Å². The molecule has 0 aromatic heterocycles. The van der Waals surface area contributed by atoms with Crippen molar-refractivity contribution in [3.63, 3.8) is 0 Å². The SMILES string of the molecule is CCOc1ccc(NC(=O)[C@@H]2[C@H]3C(=O)N(CCCCCCO)C(C(=O)Nc4c(C)cccc4Cl)C34S[C@@H]2CC4C)cc1. The summed E-state index contributed by atoms with van der Waals surface area (Å²) < 4.78 is 4.80. The number of amides is 3. The minimum atomic E-state index is -0.725. The molecule has 2 bridgehead atoms. The third-order valence-electron chi connectivity index (χ3n) is 9.01. The van der Waals surface area contributed by atoms with Gasteiger partial charge in [0.1, 0.15) is 11.8 Å². The third kappa shape index (κ3) is 5.51. The number of nitrogens with zero attached hydrogens (tertiary/aromatic N) is 1. The number of benzene rings is 2. The molecule has 226 valence electrons. The summed E-state index contributed by atoms with van der Waals surface area (Å²) >= 11 is 8.14. The van der Waals surface area contributed by atoms with E-state index in [2.05, 4.69) is 17.6 Å².